The Labute approximate surface area is 313 Å². The molecule has 2 aromatic carbocycles. The molecule has 2 atom stereocenters. The first-order valence-corrected chi connectivity index (χ1v) is 18.6. The summed E-state index contributed by atoms with van der Waals surface area (Å²) in [6.45, 7) is 3.11. The van der Waals surface area contributed by atoms with E-state index in [2.05, 4.69) is 14.9 Å². The normalized spacial score (nSPS) is 20.2. The first kappa shape index (κ1) is 36.0. The van der Waals surface area contributed by atoms with Gasteiger partial charge in [-0.05, 0) is 111 Å². The highest BCUT2D eigenvalue weighted by Crippen LogP contribution is 2.38. The molecule has 4 fully saturated rings. The highest BCUT2D eigenvalue weighted by Gasteiger charge is 2.37. The van der Waals surface area contributed by atoms with E-state index in [0.29, 0.717) is 49.8 Å². The zero-order chi connectivity index (χ0) is 36.0. The third-order valence-corrected chi connectivity index (χ3v) is 11.0. The fourth-order valence-electron chi connectivity index (χ4n) is 7.36. The van der Waals surface area contributed by atoms with Crippen molar-refractivity contribution in [2.24, 2.45) is 5.92 Å². The Kier molecular flexibility index (Phi) is 11.4. The summed E-state index contributed by atoms with van der Waals surface area (Å²) in [6, 6.07) is 16.2. The zero-order valence-corrected chi connectivity index (χ0v) is 30.6. The van der Waals surface area contributed by atoms with Crippen LogP contribution in [0.25, 0.3) is 0 Å². The molecule has 3 aliphatic heterocycles. The first-order valence-electron chi connectivity index (χ1n) is 17.9. The molecule has 8 rings (SSSR count). The first-order chi connectivity index (χ1) is 25.3. The highest BCUT2D eigenvalue weighted by molar-refractivity contribution is 6.35. The summed E-state index contributed by atoms with van der Waals surface area (Å²) in [5, 5.41) is 0.748. The fourth-order valence-corrected chi connectivity index (χ4v) is 7.87. The van der Waals surface area contributed by atoms with E-state index in [0.717, 1.165) is 63.7 Å². The summed E-state index contributed by atoms with van der Waals surface area (Å²) in [5.74, 6) is 1.05. The number of carbonyl (C=O) groups is 2. The van der Waals surface area contributed by atoms with Gasteiger partial charge in [0.1, 0.15) is 12.2 Å². The van der Waals surface area contributed by atoms with Crippen LogP contribution < -0.4 is 14.4 Å². The molecule has 0 radical (unpaired) electrons. The maximum atomic E-state index is 13.8. The quantitative estimate of drug-likeness (QED) is 0.132. The molecule has 4 aromatic rings. The number of nitrogens with zero attached hydrogens (tertiary/aromatic N) is 4. The molecular weight excluding hydrogens is 703 g/mol. The molecule has 52 heavy (non-hydrogen) atoms. The van der Waals surface area contributed by atoms with E-state index in [1.54, 1.807) is 42.6 Å². The molecule has 1 saturated carbocycles. The largest absolute Gasteiger partial charge is 0.493 e. The molecule has 1 aliphatic carbocycles. The van der Waals surface area contributed by atoms with Crippen LogP contribution in [0.4, 0.5) is 10.5 Å². The maximum absolute atomic E-state index is 13.8. The maximum Gasteiger partial charge on any atom is 0.414 e. The molecule has 12 heteroatoms. The van der Waals surface area contributed by atoms with E-state index in [1.807, 2.05) is 36.4 Å². The monoisotopic (exact) mass is 744 g/mol. The summed E-state index contributed by atoms with van der Waals surface area (Å²) >= 11 is 13.1. The number of esters is 1. The smallest absolute Gasteiger partial charge is 0.414 e. The van der Waals surface area contributed by atoms with Crippen molar-refractivity contribution in [1.29, 1.82) is 0 Å². The van der Waals surface area contributed by atoms with E-state index >= 15 is 0 Å². The van der Waals surface area contributed by atoms with Gasteiger partial charge in [-0.3, -0.25) is 19.8 Å². The fraction of sp³-hybridized carbons (Fsp3) is 0.400. The van der Waals surface area contributed by atoms with E-state index in [9.17, 15) is 9.59 Å². The Bertz CT molecular complexity index is 1830. The van der Waals surface area contributed by atoms with Crippen LogP contribution in [0.15, 0.2) is 79.4 Å². The summed E-state index contributed by atoms with van der Waals surface area (Å²) in [5.41, 5.74) is 3.10. The minimum absolute atomic E-state index is 0.101. The molecule has 1 unspecified atom stereocenters. The molecule has 10 nitrogen and oxygen atoms in total. The number of aromatic nitrogens is 2. The topological polar surface area (TPSA) is 103 Å². The second-order valence-corrected chi connectivity index (χ2v) is 14.5. The number of fused-ring (bicyclic) bond motifs is 3. The Balaban J connectivity index is 1.09. The molecule has 1 amide bonds. The van der Waals surface area contributed by atoms with E-state index in [4.69, 9.17) is 42.1 Å². The second-order valence-electron chi connectivity index (χ2n) is 13.7. The van der Waals surface area contributed by atoms with Crippen LogP contribution in [-0.4, -0.2) is 65.9 Å². The lowest BCUT2D eigenvalue weighted by atomic mass is 9.86. The van der Waals surface area contributed by atoms with Crippen molar-refractivity contribution in [3.05, 3.63) is 112 Å². The number of methoxy groups -OCH3 is 1. The van der Waals surface area contributed by atoms with Crippen molar-refractivity contribution in [2.75, 3.05) is 31.6 Å². The van der Waals surface area contributed by atoms with Gasteiger partial charge < -0.3 is 18.9 Å². The highest BCUT2D eigenvalue weighted by atomic mass is 35.5. The van der Waals surface area contributed by atoms with Crippen molar-refractivity contribution in [3.8, 4) is 11.5 Å². The summed E-state index contributed by atoms with van der Waals surface area (Å²) < 4.78 is 24.3. The molecule has 0 spiro atoms. The minimum Gasteiger partial charge on any atom is -0.493 e. The third kappa shape index (κ3) is 8.46. The minimum atomic E-state index is -0.761. The van der Waals surface area contributed by atoms with E-state index < -0.39 is 18.2 Å². The van der Waals surface area contributed by atoms with Crippen molar-refractivity contribution < 1.29 is 28.5 Å². The number of carbonyl (C=O) groups excluding carboxylic acids is 2. The average Bonchev–Trinajstić information content (AvgIpc) is 3.69. The molecule has 272 valence electrons. The number of rotatable bonds is 12. The van der Waals surface area contributed by atoms with Crippen molar-refractivity contribution >= 4 is 41.0 Å². The van der Waals surface area contributed by atoms with Crippen LogP contribution in [0.2, 0.25) is 10.0 Å². The average molecular weight is 746 g/mol. The van der Waals surface area contributed by atoms with Crippen LogP contribution in [0.5, 0.6) is 11.5 Å². The molecule has 3 saturated heterocycles. The van der Waals surface area contributed by atoms with Crippen LogP contribution in [0.1, 0.15) is 71.7 Å². The number of amides is 1. The van der Waals surface area contributed by atoms with Gasteiger partial charge >= 0.3 is 12.1 Å². The SMILES string of the molecule is COc1ccc(C(Cc2c(Cl)cncc2Cl)OC(=O)c2ccc(CN(C(=O)O[C@H]3CN4CCC3CC4)c3cccnc3)cc2)cc1OC1CCCC1. The van der Waals surface area contributed by atoms with Crippen LogP contribution in [0, 0.1) is 5.92 Å². The standard InChI is InChI=1S/C40H42Cl2N4O6/c1-49-35-13-12-29(19-37(35)50-31-6-2-3-7-31)36(20-32-33(41)22-44-23-34(32)42)51-39(47)28-10-8-26(9-11-28)24-46(30-5-4-16-43-21-30)40(48)52-38-25-45-17-14-27(38)15-18-45/h4-5,8-13,16,19,21-23,27,31,36,38H,2-3,6-7,14-15,17-18,20,24-25H2,1H3/t36?,38-/m0/s1. The Morgan fingerprint density at radius 2 is 1.67 bits per heavy atom. The molecule has 2 aromatic heterocycles. The van der Waals surface area contributed by atoms with Gasteiger partial charge in [-0.25, -0.2) is 9.59 Å². The van der Waals surface area contributed by atoms with Crippen LogP contribution in [-0.2, 0) is 22.4 Å². The lowest BCUT2D eigenvalue weighted by molar-refractivity contribution is -0.0311. The summed E-state index contributed by atoms with van der Waals surface area (Å²) in [4.78, 5) is 39.6. The lowest BCUT2D eigenvalue weighted by Crippen LogP contribution is -2.53. The number of piperidine rings is 3. The zero-order valence-electron chi connectivity index (χ0n) is 29.1. The molecule has 0 N–H and O–H groups in total. The van der Waals surface area contributed by atoms with Gasteiger partial charge in [0, 0.05) is 31.6 Å². The van der Waals surface area contributed by atoms with Gasteiger partial charge in [-0.2, -0.15) is 0 Å². The molecule has 4 aliphatic rings. The van der Waals surface area contributed by atoms with Gasteiger partial charge in [0.05, 0.1) is 47.3 Å². The van der Waals surface area contributed by atoms with Crippen molar-refractivity contribution in [1.82, 2.24) is 14.9 Å². The van der Waals surface area contributed by atoms with E-state index in [-0.39, 0.29) is 25.2 Å². The van der Waals surface area contributed by atoms with Crippen LogP contribution in [0.3, 0.4) is 0 Å². The number of hydrogen-bond acceptors (Lipinski definition) is 9. The molecule has 5 heterocycles. The van der Waals surface area contributed by atoms with E-state index in [1.165, 1.54) is 12.4 Å². The second kappa shape index (κ2) is 16.5. The van der Waals surface area contributed by atoms with Gasteiger partial charge in [0.2, 0.25) is 0 Å². The number of halogens is 2. The number of pyridine rings is 2. The summed E-state index contributed by atoms with van der Waals surface area (Å²) in [7, 11) is 1.60. The lowest BCUT2D eigenvalue weighted by Gasteiger charge is -2.44. The predicted molar refractivity (Wildman–Crippen MR) is 198 cm³/mol. The number of ether oxygens (including phenoxy) is 4. The van der Waals surface area contributed by atoms with Gasteiger partial charge in [0.15, 0.2) is 11.5 Å². The molecule has 2 bridgehead atoms. The number of anilines is 1. The predicted octanol–water partition coefficient (Wildman–Crippen LogP) is 8.49. The molecular formula is C40H42Cl2N4O6. The van der Waals surface area contributed by atoms with Gasteiger partial charge in [0.25, 0.3) is 0 Å². The van der Waals surface area contributed by atoms with Gasteiger partial charge in [-0.15, -0.1) is 0 Å². The Hall–Kier alpha value is -4.38. The number of benzene rings is 2. The summed E-state index contributed by atoms with van der Waals surface area (Å²) in [6.07, 6.45) is 11.6. The Morgan fingerprint density at radius 1 is 0.923 bits per heavy atom. The van der Waals surface area contributed by atoms with Crippen molar-refractivity contribution in [2.45, 2.75) is 69.8 Å². The third-order valence-electron chi connectivity index (χ3n) is 10.3. The Morgan fingerprint density at radius 3 is 2.33 bits per heavy atom. The van der Waals surface area contributed by atoms with Crippen molar-refractivity contribution in [3.63, 3.8) is 0 Å². The van der Waals surface area contributed by atoms with Crippen LogP contribution >= 0.6 is 23.2 Å². The van der Waals surface area contributed by atoms with Gasteiger partial charge in [-0.1, -0.05) is 41.4 Å². The number of hydrogen-bond donors (Lipinski definition) is 0.